The molecule has 1 N–H and O–H groups in total. The maximum Gasteiger partial charge on any atom is 0.0119 e. The maximum atomic E-state index is 3.62. The highest BCUT2D eigenvalue weighted by molar-refractivity contribution is 5.23. The number of nitrogens with one attached hydrogen (secondary N) is 1. The molecule has 0 amide bonds. The van der Waals surface area contributed by atoms with Gasteiger partial charge in [-0.3, -0.25) is 0 Å². The van der Waals surface area contributed by atoms with Crippen LogP contribution in [0.25, 0.3) is 0 Å². The van der Waals surface area contributed by atoms with Gasteiger partial charge in [-0.1, -0.05) is 58.9 Å². The van der Waals surface area contributed by atoms with Crippen molar-refractivity contribution in [3.8, 4) is 0 Å². The van der Waals surface area contributed by atoms with Gasteiger partial charge in [0.25, 0.3) is 0 Å². The minimum Gasteiger partial charge on any atom is -0.314 e. The van der Waals surface area contributed by atoms with Crippen LogP contribution < -0.4 is 5.32 Å². The van der Waals surface area contributed by atoms with Gasteiger partial charge in [0.15, 0.2) is 0 Å². The molecule has 0 saturated carbocycles. The number of aryl methyl sites for hydroxylation is 2. The summed E-state index contributed by atoms with van der Waals surface area (Å²) >= 11 is 0. The van der Waals surface area contributed by atoms with Gasteiger partial charge in [-0.2, -0.15) is 0 Å². The third kappa shape index (κ3) is 4.81. The lowest BCUT2D eigenvalue weighted by molar-refractivity contribution is 0.258. The average Bonchev–Trinajstić information content (AvgIpc) is 2.33. The molecule has 18 heavy (non-hydrogen) atoms. The van der Waals surface area contributed by atoms with Gasteiger partial charge in [-0.25, -0.2) is 0 Å². The van der Waals surface area contributed by atoms with Crippen LogP contribution in [0.15, 0.2) is 24.3 Å². The summed E-state index contributed by atoms with van der Waals surface area (Å²) < 4.78 is 0. The Hall–Kier alpha value is -0.820. The van der Waals surface area contributed by atoms with E-state index in [1.807, 2.05) is 0 Å². The van der Waals surface area contributed by atoms with Crippen molar-refractivity contribution in [3.05, 3.63) is 35.4 Å². The summed E-state index contributed by atoms with van der Waals surface area (Å²) in [6.07, 6.45) is 3.51. The SMILES string of the molecule is CCNC(CCc1cccc(CC)c1)C(C)(C)C. The molecule has 1 nitrogen and oxygen atoms in total. The Kier molecular flexibility index (Phi) is 5.87. The highest BCUT2D eigenvalue weighted by Gasteiger charge is 2.23. The van der Waals surface area contributed by atoms with E-state index >= 15 is 0 Å². The summed E-state index contributed by atoms with van der Waals surface area (Å²) in [5.74, 6) is 0. The second-order valence-corrected chi connectivity index (χ2v) is 6.19. The van der Waals surface area contributed by atoms with Crippen LogP contribution in [-0.2, 0) is 12.8 Å². The highest BCUT2D eigenvalue weighted by atomic mass is 14.9. The largest absolute Gasteiger partial charge is 0.314 e. The maximum absolute atomic E-state index is 3.62. The van der Waals surface area contributed by atoms with Crippen LogP contribution in [0.5, 0.6) is 0 Å². The van der Waals surface area contributed by atoms with E-state index in [1.54, 1.807) is 0 Å². The molecule has 0 heterocycles. The van der Waals surface area contributed by atoms with E-state index in [-0.39, 0.29) is 0 Å². The van der Waals surface area contributed by atoms with E-state index < -0.39 is 0 Å². The lowest BCUT2D eigenvalue weighted by atomic mass is 9.83. The first kappa shape index (κ1) is 15.2. The fourth-order valence-electron chi connectivity index (χ4n) is 2.40. The molecule has 1 rings (SSSR count). The highest BCUT2D eigenvalue weighted by Crippen LogP contribution is 2.23. The quantitative estimate of drug-likeness (QED) is 0.794. The number of hydrogen-bond acceptors (Lipinski definition) is 1. The van der Waals surface area contributed by atoms with Crippen molar-refractivity contribution in [2.45, 2.75) is 59.9 Å². The fourth-order valence-corrected chi connectivity index (χ4v) is 2.40. The molecule has 1 aromatic rings. The minimum absolute atomic E-state index is 0.332. The molecular weight excluding hydrogens is 218 g/mol. The van der Waals surface area contributed by atoms with Crippen LogP contribution >= 0.6 is 0 Å². The van der Waals surface area contributed by atoms with Crippen molar-refractivity contribution in [2.75, 3.05) is 6.54 Å². The van der Waals surface area contributed by atoms with Crippen molar-refractivity contribution in [3.63, 3.8) is 0 Å². The van der Waals surface area contributed by atoms with E-state index in [1.165, 1.54) is 24.0 Å². The van der Waals surface area contributed by atoms with Gasteiger partial charge < -0.3 is 5.32 Å². The minimum atomic E-state index is 0.332. The van der Waals surface area contributed by atoms with E-state index in [9.17, 15) is 0 Å². The van der Waals surface area contributed by atoms with E-state index in [4.69, 9.17) is 0 Å². The van der Waals surface area contributed by atoms with Crippen LogP contribution in [0.2, 0.25) is 0 Å². The first-order valence-electron chi connectivity index (χ1n) is 7.28. The Labute approximate surface area is 113 Å². The fraction of sp³-hybridized carbons (Fsp3) is 0.647. The molecular formula is C17H29N. The molecule has 1 atom stereocenters. The molecule has 0 aliphatic rings. The molecule has 0 saturated heterocycles. The van der Waals surface area contributed by atoms with Gasteiger partial charge in [0, 0.05) is 6.04 Å². The first-order chi connectivity index (χ1) is 8.47. The Morgan fingerprint density at radius 2 is 1.78 bits per heavy atom. The zero-order valence-electron chi connectivity index (χ0n) is 12.7. The summed E-state index contributed by atoms with van der Waals surface area (Å²) in [4.78, 5) is 0. The third-order valence-electron chi connectivity index (χ3n) is 3.62. The van der Waals surface area contributed by atoms with Crippen molar-refractivity contribution in [1.82, 2.24) is 5.32 Å². The van der Waals surface area contributed by atoms with Gasteiger partial charge in [-0.15, -0.1) is 0 Å². The van der Waals surface area contributed by atoms with Gasteiger partial charge in [-0.05, 0) is 42.3 Å². The van der Waals surface area contributed by atoms with Gasteiger partial charge in [0.05, 0.1) is 0 Å². The van der Waals surface area contributed by atoms with Crippen LogP contribution in [0, 0.1) is 5.41 Å². The molecule has 0 fully saturated rings. The summed E-state index contributed by atoms with van der Waals surface area (Å²) in [5, 5.41) is 3.62. The first-order valence-corrected chi connectivity index (χ1v) is 7.28. The molecule has 1 aromatic carbocycles. The van der Waals surface area contributed by atoms with Gasteiger partial charge in [0.2, 0.25) is 0 Å². The molecule has 1 unspecified atom stereocenters. The summed E-state index contributed by atoms with van der Waals surface area (Å²) in [6.45, 7) is 12.4. The van der Waals surface area contributed by atoms with Crippen LogP contribution in [0.4, 0.5) is 0 Å². The van der Waals surface area contributed by atoms with E-state index in [0.717, 1.165) is 13.0 Å². The van der Waals surface area contributed by atoms with Gasteiger partial charge in [0.1, 0.15) is 0 Å². The van der Waals surface area contributed by atoms with Crippen molar-refractivity contribution < 1.29 is 0 Å². The lowest BCUT2D eigenvalue weighted by Gasteiger charge is -2.31. The van der Waals surface area contributed by atoms with Crippen molar-refractivity contribution in [1.29, 1.82) is 0 Å². The lowest BCUT2D eigenvalue weighted by Crippen LogP contribution is -2.40. The van der Waals surface area contributed by atoms with Crippen LogP contribution in [0.3, 0.4) is 0 Å². The molecule has 0 aliphatic carbocycles. The molecule has 0 bridgehead atoms. The molecule has 0 aromatic heterocycles. The second-order valence-electron chi connectivity index (χ2n) is 6.19. The second kappa shape index (κ2) is 6.94. The predicted molar refractivity (Wildman–Crippen MR) is 81.1 cm³/mol. The zero-order valence-corrected chi connectivity index (χ0v) is 12.7. The number of rotatable bonds is 6. The molecule has 0 radical (unpaired) electrons. The third-order valence-corrected chi connectivity index (χ3v) is 3.62. The molecule has 1 heteroatoms. The Morgan fingerprint density at radius 1 is 1.11 bits per heavy atom. The van der Waals surface area contributed by atoms with E-state index in [0.29, 0.717) is 11.5 Å². The Bertz CT molecular complexity index is 349. The van der Waals surface area contributed by atoms with Crippen LogP contribution in [0.1, 0.15) is 52.2 Å². The number of benzene rings is 1. The standard InChI is InChI=1S/C17H29N/c1-6-14-9-8-10-15(13-14)11-12-16(18-7-2)17(3,4)5/h8-10,13,16,18H,6-7,11-12H2,1-5H3. The predicted octanol–water partition coefficient (Wildman–Crippen LogP) is 4.21. The normalized spacial score (nSPS) is 13.6. The molecule has 0 spiro atoms. The van der Waals surface area contributed by atoms with Crippen molar-refractivity contribution in [2.24, 2.45) is 5.41 Å². The summed E-state index contributed by atoms with van der Waals surface area (Å²) in [6, 6.07) is 9.60. The zero-order chi connectivity index (χ0) is 13.6. The summed E-state index contributed by atoms with van der Waals surface area (Å²) in [7, 11) is 0. The van der Waals surface area contributed by atoms with Crippen LogP contribution in [-0.4, -0.2) is 12.6 Å². The Balaban J connectivity index is 2.61. The number of hydrogen-bond donors (Lipinski definition) is 1. The monoisotopic (exact) mass is 247 g/mol. The summed E-state index contributed by atoms with van der Waals surface area (Å²) in [5.41, 5.74) is 3.25. The molecule has 0 aliphatic heterocycles. The van der Waals surface area contributed by atoms with Gasteiger partial charge >= 0.3 is 0 Å². The topological polar surface area (TPSA) is 12.0 Å². The molecule has 102 valence electrons. The Morgan fingerprint density at radius 3 is 2.33 bits per heavy atom. The smallest absolute Gasteiger partial charge is 0.0119 e. The van der Waals surface area contributed by atoms with E-state index in [2.05, 4.69) is 64.2 Å². The van der Waals surface area contributed by atoms with Crippen molar-refractivity contribution >= 4 is 0 Å². The average molecular weight is 247 g/mol.